The monoisotopic (exact) mass is 296 g/mol. The first-order chi connectivity index (χ1) is 10.6. The highest BCUT2D eigenvalue weighted by Gasteiger charge is 2.20. The lowest BCUT2D eigenvalue weighted by Crippen LogP contribution is -2.04. The second-order valence-electron chi connectivity index (χ2n) is 5.78. The maximum Gasteiger partial charge on any atom is 0.133 e. The second kappa shape index (κ2) is 5.63. The Bertz CT molecular complexity index is 769. The van der Waals surface area contributed by atoms with Crippen LogP contribution in [0.2, 0.25) is 0 Å². The number of aryl methyl sites for hydroxylation is 1. The Balaban J connectivity index is 2.16. The van der Waals surface area contributed by atoms with Gasteiger partial charge in [-0.1, -0.05) is 32.0 Å². The van der Waals surface area contributed by atoms with E-state index in [9.17, 15) is 0 Å². The largest absolute Gasteiger partial charge is 0.383 e. The molecule has 0 radical (unpaired) electrons. The number of hydrogen-bond acceptors (Lipinski definition) is 4. The SMILES string of the molecule is CC(C)Cc1c(-c2cnn(C)n2)nn(-c2ccccc2)c1N. The van der Waals surface area contributed by atoms with Crippen LogP contribution in [0, 0.1) is 5.92 Å². The molecule has 0 amide bonds. The Morgan fingerprint density at radius 2 is 1.86 bits per heavy atom. The average Bonchev–Trinajstić information content (AvgIpc) is 3.05. The van der Waals surface area contributed by atoms with E-state index in [0.717, 1.165) is 29.1 Å². The van der Waals surface area contributed by atoms with Gasteiger partial charge in [0.2, 0.25) is 0 Å². The molecule has 2 N–H and O–H groups in total. The van der Waals surface area contributed by atoms with E-state index in [1.54, 1.807) is 17.9 Å². The van der Waals surface area contributed by atoms with Gasteiger partial charge in [0.05, 0.1) is 11.9 Å². The summed E-state index contributed by atoms with van der Waals surface area (Å²) in [6, 6.07) is 9.90. The summed E-state index contributed by atoms with van der Waals surface area (Å²) in [7, 11) is 1.79. The molecule has 0 fully saturated rings. The summed E-state index contributed by atoms with van der Waals surface area (Å²) >= 11 is 0. The van der Waals surface area contributed by atoms with Crippen molar-refractivity contribution in [2.45, 2.75) is 20.3 Å². The summed E-state index contributed by atoms with van der Waals surface area (Å²) in [6.07, 6.45) is 2.57. The van der Waals surface area contributed by atoms with E-state index in [2.05, 4.69) is 24.0 Å². The number of nitrogens with zero attached hydrogens (tertiary/aromatic N) is 5. The number of rotatable bonds is 4. The maximum absolute atomic E-state index is 6.37. The van der Waals surface area contributed by atoms with Crippen LogP contribution in [0.3, 0.4) is 0 Å². The van der Waals surface area contributed by atoms with Crippen LogP contribution < -0.4 is 5.73 Å². The topological polar surface area (TPSA) is 74.5 Å². The first-order valence-electron chi connectivity index (χ1n) is 7.35. The molecule has 6 heteroatoms. The lowest BCUT2D eigenvalue weighted by Gasteiger charge is -2.06. The van der Waals surface area contributed by atoms with Gasteiger partial charge in [-0.15, -0.1) is 0 Å². The molecule has 114 valence electrons. The van der Waals surface area contributed by atoms with Gasteiger partial charge in [0.15, 0.2) is 0 Å². The predicted octanol–water partition coefficient (Wildman–Crippen LogP) is 2.45. The first-order valence-corrected chi connectivity index (χ1v) is 7.35. The molecule has 0 spiro atoms. The fraction of sp³-hybridized carbons (Fsp3) is 0.312. The van der Waals surface area contributed by atoms with Crippen molar-refractivity contribution >= 4 is 5.82 Å². The van der Waals surface area contributed by atoms with Gasteiger partial charge in [-0.2, -0.15) is 20.1 Å². The molecular weight excluding hydrogens is 276 g/mol. The summed E-state index contributed by atoms with van der Waals surface area (Å²) in [4.78, 5) is 1.53. The van der Waals surface area contributed by atoms with Crippen molar-refractivity contribution in [3.8, 4) is 17.1 Å². The minimum absolute atomic E-state index is 0.478. The van der Waals surface area contributed by atoms with Crippen molar-refractivity contribution in [3.63, 3.8) is 0 Å². The number of anilines is 1. The maximum atomic E-state index is 6.37. The number of para-hydroxylation sites is 1. The van der Waals surface area contributed by atoms with Crippen LogP contribution in [0.5, 0.6) is 0 Å². The van der Waals surface area contributed by atoms with E-state index in [1.165, 1.54) is 4.80 Å². The molecule has 22 heavy (non-hydrogen) atoms. The van der Waals surface area contributed by atoms with Gasteiger partial charge >= 0.3 is 0 Å². The predicted molar refractivity (Wildman–Crippen MR) is 86.5 cm³/mol. The van der Waals surface area contributed by atoms with E-state index in [0.29, 0.717) is 11.7 Å². The van der Waals surface area contributed by atoms with Crippen LogP contribution >= 0.6 is 0 Å². The Kier molecular flexibility index (Phi) is 3.66. The van der Waals surface area contributed by atoms with Crippen molar-refractivity contribution in [2.75, 3.05) is 5.73 Å². The molecule has 0 aliphatic carbocycles. The summed E-state index contributed by atoms with van der Waals surface area (Å²) < 4.78 is 1.78. The minimum atomic E-state index is 0.478. The molecule has 2 aromatic heterocycles. The van der Waals surface area contributed by atoms with Gasteiger partial charge in [-0.05, 0) is 24.5 Å². The molecule has 0 saturated carbocycles. The third-order valence-electron chi connectivity index (χ3n) is 3.48. The number of aromatic nitrogens is 5. The van der Waals surface area contributed by atoms with Crippen molar-refractivity contribution < 1.29 is 0 Å². The highest BCUT2D eigenvalue weighted by molar-refractivity contribution is 5.66. The quantitative estimate of drug-likeness (QED) is 0.802. The zero-order chi connectivity index (χ0) is 15.7. The summed E-state index contributed by atoms with van der Waals surface area (Å²) in [5.41, 5.74) is 9.90. The second-order valence-corrected chi connectivity index (χ2v) is 5.78. The molecule has 0 saturated heterocycles. The molecule has 3 rings (SSSR count). The normalized spacial score (nSPS) is 11.3. The Hall–Kier alpha value is -2.63. The third-order valence-corrected chi connectivity index (χ3v) is 3.48. The fourth-order valence-electron chi connectivity index (χ4n) is 2.50. The van der Waals surface area contributed by atoms with Crippen LogP contribution in [-0.4, -0.2) is 24.8 Å². The van der Waals surface area contributed by atoms with Crippen LogP contribution in [0.15, 0.2) is 36.5 Å². The van der Waals surface area contributed by atoms with E-state index >= 15 is 0 Å². The first kappa shape index (κ1) is 14.3. The summed E-state index contributed by atoms with van der Waals surface area (Å²) in [6.45, 7) is 4.33. The van der Waals surface area contributed by atoms with Crippen molar-refractivity contribution in [2.24, 2.45) is 13.0 Å². The van der Waals surface area contributed by atoms with Crippen molar-refractivity contribution in [3.05, 3.63) is 42.1 Å². The molecule has 0 aliphatic rings. The molecule has 0 atom stereocenters. The van der Waals surface area contributed by atoms with Gasteiger partial charge in [-0.25, -0.2) is 4.68 Å². The standard InChI is InChI=1S/C16H20N6/c1-11(2)9-13-15(14-10-18-21(3)19-14)20-22(16(13)17)12-7-5-4-6-8-12/h4-8,10-11H,9,17H2,1-3H3. The number of nitrogens with two attached hydrogens (primary N) is 1. The van der Waals surface area contributed by atoms with Gasteiger partial charge in [0.1, 0.15) is 17.2 Å². The van der Waals surface area contributed by atoms with Crippen LogP contribution in [0.4, 0.5) is 5.82 Å². The summed E-state index contributed by atoms with van der Waals surface area (Å²) in [5, 5.41) is 13.2. The lowest BCUT2D eigenvalue weighted by molar-refractivity contribution is 0.646. The summed E-state index contributed by atoms with van der Waals surface area (Å²) in [5.74, 6) is 1.15. The number of hydrogen-bond donors (Lipinski definition) is 1. The fourth-order valence-corrected chi connectivity index (χ4v) is 2.50. The molecule has 0 unspecified atom stereocenters. The molecule has 0 bridgehead atoms. The molecule has 0 aliphatic heterocycles. The van der Waals surface area contributed by atoms with Crippen LogP contribution in [0.25, 0.3) is 17.1 Å². The van der Waals surface area contributed by atoms with Crippen molar-refractivity contribution in [1.29, 1.82) is 0 Å². The zero-order valence-electron chi connectivity index (χ0n) is 13.1. The molecule has 3 aromatic rings. The Labute approximate surface area is 129 Å². The van der Waals surface area contributed by atoms with Crippen LogP contribution in [-0.2, 0) is 13.5 Å². The van der Waals surface area contributed by atoms with Gasteiger partial charge in [0.25, 0.3) is 0 Å². The van der Waals surface area contributed by atoms with E-state index in [4.69, 9.17) is 10.8 Å². The van der Waals surface area contributed by atoms with Crippen LogP contribution in [0.1, 0.15) is 19.4 Å². The van der Waals surface area contributed by atoms with Gasteiger partial charge < -0.3 is 5.73 Å². The number of nitrogen functional groups attached to an aromatic ring is 1. The third kappa shape index (κ3) is 2.59. The molecule has 6 nitrogen and oxygen atoms in total. The average molecular weight is 296 g/mol. The Morgan fingerprint density at radius 1 is 1.14 bits per heavy atom. The highest BCUT2D eigenvalue weighted by atomic mass is 15.5. The lowest BCUT2D eigenvalue weighted by atomic mass is 10.0. The minimum Gasteiger partial charge on any atom is -0.383 e. The molecule has 2 heterocycles. The Morgan fingerprint density at radius 3 is 2.45 bits per heavy atom. The molecule has 1 aromatic carbocycles. The van der Waals surface area contributed by atoms with E-state index in [1.807, 2.05) is 30.3 Å². The van der Waals surface area contributed by atoms with Gasteiger partial charge in [-0.3, -0.25) is 0 Å². The molecular formula is C16H20N6. The van der Waals surface area contributed by atoms with Gasteiger partial charge in [0, 0.05) is 12.6 Å². The zero-order valence-corrected chi connectivity index (χ0v) is 13.1. The van der Waals surface area contributed by atoms with E-state index in [-0.39, 0.29) is 0 Å². The van der Waals surface area contributed by atoms with E-state index < -0.39 is 0 Å². The number of benzene rings is 1. The van der Waals surface area contributed by atoms with Crippen molar-refractivity contribution in [1.82, 2.24) is 24.8 Å². The highest BCUT2D eigenvalue weighted by Crippen LogP contribution is 2.29. The smallest absolute Gasteiger partial charge is 0.133 e.